The van der Waals surface area contributed by atoms with Gasteiger partial charge in [0.1, 0.15) is 17.2 Å². The summed E-state index contributed by atoms with van der Waals surface area (Å²) in [7, 11) is -2.37. The molecule has 1 aliphatic heterocycles. The number of pyridine rings is 2. The molecule has 4 aromatic rings. The van der Waals surface area contributed by atoms with Gasteiger partial charge in [-0.15, -0.1) is 0 Å². The normalized spacial score (nSPS) is 15.8. The van der Waals surface area contributed by atoms with Gasteiger partial charge >= 0.3 is 5.69 Å². The maximum absolute atomic E-state index is 15.9. The Kier molecular flexibility index (Phi) is 7.54. The van der Waals surface area contributed by atoms with Gasteiger partial charge in [0.15, 0.2) is 26.3 Å². The second-order valence-corrected chi connectivity index (χ2v) is 12.8. The van der Waals surface area contributed by atoms with E-state index < -0.39 is 21.3 Å². The first-order valence-corrected chi connectivity index (χ1v) is 15.4. The smallest absolute Gasteiger partial charge is 0.355 e. The summed E-state index contributed by atoms with van der Waals surface area (Å²) in [5, 5.41) is 3.92. The highest BCUT2D eigenvalue weighted by Crippen LogP contribution is 2.35. The molecule has 4 aromatic heterocycles. The van der Waals surface area contributed by atoms with Crippen LogP contribution in [0.1, 0.15) is 32.3 Å². The van der Waals surface area contributed by atoms with Gasteiger partial charge in [-0.25, -0.2) is 32.1 Å². The zero-order chi connectivity index (χ0) is 31.4. The SMILES string of the molecule is C=CC(=O)N1CCN(c2nc(=O)n(-c3c(C(C)C)ccnc3S(C)(=O)=O)c3nc(-c4c(N)cnn4C)c(F)cc23)[C@@H](C)C1. The van der Waals surface area contributed by atoms with E-state index in [2.05, 4.69) is 26.6 Å². The standard InChI is InChI=1S/C28H32FN9O4S/c1-7-21(39)36-10-11-37(16(4)14-36)25-18-12-19(29)22(24-20(30)13-32-35(24)5)33-26(18)38(28(40)34-25)23-17(15(2)3)8-9-31-27(23)43(6,41)42/h7-9,12-13,15-16H,1,10-11,14,30H2,2-6H3/t16-/m0/s1. The molecule has 0 spiro atoms. The number of carbonyl (C=O) groups excluding carboxylic acids is 1. The molecule has 1 fully saturated rings. The van der Waals surface area contributed by atoms with Crippen molar-refractivity contribution in [3.63, 3.8) is 0 Å². The highest BCUT2D eigenvalue weighted by Gasteiger charge is 2.32. The topological polar surface area (TPSA) is 162 Å². The van der Waals surface area contributed by atoms with E-state index in [-0.39, 0.29) is 62.5 Å². The number of amides is 1. The Balaban J connectivity index is 1.88. The third kappa shape index (κ3) is 5.13. The number of hydrogen-bond donors (Lipinski definition) is 1. The lowest BCUT2D eigenvalue weighted by Crippen LogP contribution is -2.54. The van der Waals surface area contributed by atoms with E-state index in [0.29, 0.717) is 25.2 Å². The van der Waals surface area contributed by atoms with Crippen molar-refractivity contribution >= 4 is 38.3 Å². The van der Waals surface area contributed by atoms with Gasteiger partial charge in [0.05, 0.1) is 23.0 Å². The first kappa shape index (κ1) is 29.8. The van der Waals surface area contributed by atoms with E-state index in [9.17, 15) is 18.0 Å². The predicted molar refractivity (Wildman–Crippen MR) is 160 cm³/mol. The number of halogens is 1. The molecule has 0 radical (unpaired) electrons. The van der Waals surface area contributed by atoms with Crippen LogP contribution in [-0.4, -0.2) is 80.5 Å². The Hall–Kier alpha value is -4.66. The monoisotopic (exact) mass is 609 g/mol. The van der Waals surface area contributed by atoms with Crippen molar-refractivity contribution < 1.29 is 17.6 Å². The maximum atomic E-state index is 15.9. The number of hydrogen-bond acceptors (Lipinski definition) is 10. The molecule has 1 saturated heterocycles. The molecule has 43 heavy (non-hydrogen) atoms. The average molecular weight is 610 g/mol. The fourth-order valence-corrected chi connectivity index (χ4v) is 6.26. The van der Waals surface area contributed by atoms with Crippen molar-refractivity contribution in [2.45, 2.75) is 37.8 Å². The second-order valence-electron chi connectivity index (χ2n) is 10.8. The van der Waals surface area contributed by atoms with Crippen LogP contribution in [0.2, 0.25) is 0 Å². The summed E-state index contributed by atoms with van der Waals surface area (Å²) in [5.41, 5.74) is 5.91. The number of carbonyl (C=O) groups is 1. The maximum Gasteiger partial charge on any atom is 0.355 e. The van der Waals surface area contributed by atoms with E-state index in [1.807, 2.05) is 25.7 Å². The van der Waals surface area contributed by atoms with Crippen LogP contribution in [0.5, 0.6) is 0 Å². The first-order chi connectivity index (χ1) is 20.2. The Bertz CT molecular complexity index is 1930. The molecule has 15 heteroatoms. The molecule has 0 bridgehead atoms. The zero-order valence-corrected chi connectivity index (χ0v) is 25.3. The van der Waals surface area contributed by atoms with Gasteiger partial charge in [-0.2, -0.15) is 10.1 Å². The molecule has 0 unspecified atom stereocenters. The fraction of sp³-hybridized carbons (Fsp3) is 0.357. The molecule has 1 atom stereocenters. The van der Waals surface area contributed by atoms with Crippen LogP contribution in [-0.2, 0) is 21.7 Å². The summed E-state index contributed by atoms with van der Waals surface area (Å²) >= 11 is 0. The molecule has 0 saturated carbocycles. The van der Waals surface area contributed by atoms with Crippen molar-refractivity contribution in [2.24, 2.45) is 7.05 Å². The van der Waals surface area contributed by atoms with E-state index in [1.165, 1.54) is 29.2 Å². The number of rotatable bonds is 6. The molecule has 13 nitrogen and oxygen atoms in total. The Labute approximate surface area is 247 Å². The minimum atomic E-state index is -3.94. The van der Waals surface area contributed by atoms with Crippen LogP contribution in [0.3, 0.4) is 0 Å². The summed E-state index contributed by atoms with van der Waals surface area (Å²) in [6.07, 6.45) is 4.96. The molecule has 0 aliphatic carbocycles. The van der Waals surface area contributed by atoms with Crippen LogP contribution in [0.4, 0.5) is 15.9 Å². The summed E-state index contributed by atoms with van der Waals surface area (Å²) in [5.74, 6) is -1.05. The Morgan fingerprint density at radius 2 is 1.98 bits per heavy atom. The highest BCUT2D eigenvalue weighted by molar-refractivity contribution is 7.90. The zero-order valence-electron chi connectivity index (χ0n) is 24.4. The summed E-state index contributed by atoms with van der Waals surface area (Å²) in [6, 6.07) is 2.53. The second kappa shape index (κ2) is 10.9. The molecule has 2 N–H and O–H groups in total. The largest absolute Gasteiger partial charge is 0.396 e. The van der Waals surface area contributed by atoms with Crippen molar-refractivity contribution in [2.75, 3.05) is 36.5 Å². The summed E-state index contributed by atoms with van der Waals surface area (Å²) in [4.78, 5) is 42.9. The lowest BCUT2D eigenvalue weighted by atomic mass is 10.0. The van der Waals surface area contributed by atoms with Crippen molar-refractivity contribution in [3.05, 3.63) is 59.0 Å². The molecule has 226 valence electrons. The van der Waals surface area contributed by atoms with Gasteiger partial charge in [-0.3, -0.25) is 9.48 Å². The van der Waals surface area contributed by atoms with Crippen molar-refractivity contribution in [1.82, 2.24) is 34.2 Å². The fourth-order valence-electron chi connectivity index (χ4n) is 5.45. The van der Waals surface area contributed by atoms with E-state index in [1.54, 1.807) is 18.0 Å². The third-order valence-electron chi connectivity index (χ3n) is 7.50. The summed E-state index contributed by atoms with van der Waals surface area (Å²) < 4.78 is 44.3. The number of sulfone groups is 1. The van der Waals surface area contributed by atoms with Gasteiger partial charge in [0.25, 0.3) is 0 Å². The number of aryl methyl sites for hydroxylation is 1. The van der Waals surface area contributed by atoms with Crippen molar-refractivity contribution in [1.29, 1.82) is 0 Å². The molecule has 1 aliphatic rings. The molecule has 5 heterocycles. The number of piperazine rings is 1. The minimum absolute atomic E-state index is 0.00784. The van der Waals surface area contributed by atoms with Crippen LogP contribution in [0.15, 0.2) is 47.0 Å². The van der Waals surface area contributed by atoms with Gasteiger partial charge in [0.2, 0.25) is 5.91 Å². The van der Waals surface area contributed by atoms with Crippen LogP contribution in [0.25, 0.3) is 28.1 Å². The van der Waals surface area contributed by atoms with E-state index in [0.717, 1.165) is 10.8 Å². The van der Waals surface area contributed by atoms with E-state index >= 15 is 4.39 Å². The summed E-state index contributed by atoms with van der Waals surface area (Å²) in [6.45, 7) is 10.0. The number of fused-ring (bicyclic) bond motifs is 1. The number of nitrogen functional groups attached to an aromatic ring is 1. The van der Waals surface area contributed by atoms with Crippen LogP contribution >= 0.6 is 0 Å². The molecule has 1 amide bonds. The van der Waals surface area contributed by atoms with Crippen molar-refractivity contribution in [3.8, 4) is 17.1 Å². The van der Waals surface area contributed by atoms with Crippen LogP contribution < -0.4 is 16.3 Å². The van der Waals surface area contributed by atoms with E-state index in [4.69, 9.17) is 5.73 Å². The van der Waals surface area contributed by atoms with Gasteiger partial charge in [-0.05, 0) is 36.6 Å². The number of nitrogens with zero attached hydrogens (tertiary/aromatic N) is 8. The lowest BCUT2D eigenvalue weighted by molar-refractivity contribution is -0.126. The quantitative estimate of drug-likeness (QED) is 0.320. The van der Waals surface area contributed by atoms with Gasteiger partial charge in [-0.1, -0.05) is 20.4 Å². The number of nitrogens with two attached hydrogens (primary N) is 1. The molecule has 0 aromatic carbocycles. The Morgan fingerprint density at radius 1 is 1.26 bits per heavy atom. The predicted octanol–water partition coefficient (Wildman–Crippen LogP) is 2.05. The molecular weight excluding hydrogens is 577 g/mol. The van der Waals surface area contributed by atoms with Gasteiger partial charge in [0, 0.05) is 45.2 Å². The lowest BCUT2D eigenvalue weighted by Gasteiger charge is -2.40. The number of anilines is 2. The number of aromatic nitrogens is 6. The minimum Gasteiger partial charge on any atom is -0.396 e. The van der Waals surface area contributed by atoms with Gasteiger partial charge < -0.3 is 15.5 Å². The third-order valence-corrected chi connectivity index (χ3v) is 8.50. The average Bonchev–Trinajstić information content (AvgIpc) is 3.28. The highest BCUT2D eigenvalue weighted by atomic mass is 32.2. The molecular formula is C28H32FN9O4S. The first-order valence-electron chi connectivity index (χ1n) is 13.5. The Morgan fingerprint density at radius 3 is 2.56 bits per heavy atom. The van der Waals surface area contributed by atoms with Crippen LogP contribution in [0, 0.1) is 5.82 Å². The molecule has 5 rings (SSSR count).